The van der Waals surface area contributed by atoms with Crippen LogP contribution in [0.15, 0.2) is 34.7 Å². The van der Waals surface area contributed by atoms with Crippen molar-refractivity contribution >= 4 is 11.0 Å². The zero-order valence-corrected chi connectivity index (χ0v) is 10.8. The highest BCUT2D eigenvalue weighted by atomic mass is 16.4. The fourth-order valence-electron chi connectivity index (χ4n) is 3.04. The van der Waals surface area contributed by atoms with Crippen LogP contribution in [0.2, 0.25) is 0 Å². The first-order valence-corrected chi connectivity index (χ1v) is 6.83. The predicted molar refractivity (Wildman–Crippen MR) is 72.3 cm³/mol. The maximum Gasteiger partial charge on any atom is 0.135 e. The van der Waals surface area contributed by atoms with E-state index in [0.29, 0.717) is 5.76 Å². The van der Waals surface area contributed by atoms with Gasteiger partial charge in [0, 0.05) is 5.39 Å². The summed E-state index contributed by atoms with van der Waals surface area (Å²) in [6.07, 6.45) is 3.83. The van der Waals surface area contributed by atoms with Crippen molar-refractivity contribution in [2.75, 3.05) is 0 Å². The number of rotatable bonds is 2. The molecule has 0 spiro atoms. The Morgan fingerprint density at radius 1 is 1.21 bits per heavy atom. The standard InChI is InChI=1S/C16H17NO2/c17-11-16(8-4-1-5-9-16)15(18)14-10-12-6-2-3-7-13(12)19-14/h2-3,6-7,10,15,18H,1,4-5,8-9H2. The van der Waals surface area contributed by atoms with Crippen LogP contribution in [0.5, 0.6) is 0 Å². The Labute approximate surface area is 112 Å². The lowest BCUT2D eigenvalue weighted by Crippen LogP contribution is -2.29. The number of hydrogen-bond donors (Lipinski definition) is 1. The zero-order valence-electron chi connectivity index (χ0n) is 10.8. The van der Waals surface area contributed by atoms with Gasteiger partial charge in [0.1, 0.15) is 17.4 Å². The maximum atomic E-state index is 10.6. The number of para-hydroxylation sites is 1. The number of nitrogens with zero attached hydrogens (tertiary/aromatic N) is 1. The van der Waals surface area contributed by atoms with Crippen LogP contribution in [0.4, 0.5) is 0 Å². The number of fused-ring (bicyclic) bond motifs is 1. The molecular formula is C16H17NO2. The molecule has 1 N–H and O–H groups in total. The van der Waals surface area contributed by atoms with E-state index in [0.717, 1.165) is 43.1 Å². The Kier molecular flexibility index (Phi) is 3.04. The van der Waals surface area contributed by atoms with Crippen LogP contribution >= 0.6 is 0 Å². The van der Waals surface area contributed by atoms with E-state index >= 15 is 0 Å². The Bertz CT molecular complexity index is 584. The molecule has 1 aromatic carbocycles. The topological polar surface area (TPSA) is 57.2 Å². The predicted octanol–water partition coefficient (Wildman–Crippen LogP) is 3.94. The molecule has 1 unspecified atom stereocenters. The van der Waals surface area contributed by atoms with E-state index in [-0.39, 0.29) is 0 Å². The normalized spacial score (nSPS) is 20.0. The van der Waals surface area contributed by atoms with Gasteiger partial charge in [-0.25, -0.2) is 0 Å². The van der Waals surface area contributed by atoms with Gasteiger partial charge in [-0.05, 0) is 25.0 Å². The van der Waals surface area contributed by atoms with Gasteiger partial charge in [-0.15, -0.1) is 0 Å². The molecule has 1 saturated carbocycles. The van der Waals surface area contributed by atoms with Gasteiger partial charge in [0.25, 0.3) is 0 Å². The fraction of sp³-hybridized carbons (Fsp3) is 0.438. The average molecular weight is 255 g/mol. The molecule has 0 bridgehead atoms. The van der Waals surface area contributed by atoms with Gasteiger partial charge < -0.3 is 9.52 Å². The molecule has 98 valence electrons. The molecule has 0 radical (unpaired) electrons. The third-order valence-corrected chi connectivity index (χ3v) is 4.21. The molecule has 19 heavy (non-hydrogen) atoms. The largest absolute Gasteiger partial charge is 0.458 e. The van der Waals surface area contributed by atoms with Gasteiger partial charge in [0.15, 0.2) is 0 Å². The second-order valence-electron chi connectivity index (χ2n) is 5.42. The van der Waals surface area contributed by atoms with Crippen LogP contribution in [0.25, 0.3) is 11.0 Å². The van der Waals surface area contributed by atoms with Crippen LogP contribution in [0.3, 0.4) is 0 Å². The second kappa shape index (κ2) is 4.71. The number of hydrogen-bond acceptors (Lipinski definition) is 3. The zero-order chi connectivity index (χ0) is 13.3. The first kappa shape index (κ1) is 12.3. The summed E-state index contributed by atoms with van der Waals surface area (Å²) in [5.74, 6) is 0.518. The van der Waals surface area contributed by atoms with Gasteiger partial charge >= 0.3 is 0 Å². The Balaban J connectivity index is 1.98. The summed E-state index contributed by atoms with van der Waals surface area (Å²) in [7, 11) is 0. The molecule has 1 aliphatic carbocycles. The fourth-order valence-corrected chi connectivity index (χ4v) is 3.04. The van der Waals surface area contributed by atoms with E-state index in [9.17, 15) is 10.4 Å². The van der Waals surface area contributed by atoms with Gasteiger partial charge in [0.05, 0.1) is 11.5 Å². The van der Waals surface area contributed by atoms with Crippen molar-refractivity contribution in [2.24, 2.45) is 5.41 Å². The first-order chi connectivity index (χ1) is 9.25. The van der Waals surface area contributed by atoms with Gasteiger partial charge in [0.2, 0.25) is 0 Å². The molecule has 0 amide bonds. The molecule has 3 nitrogen and oxygen atoms in total. The quantitative estimate of drug-likeness (QED) is 0.884. The second-order valence-corrected chi connectivity index (χ2v) is 5.42. The molecule has 2 aromatic rings. The Hall–Kier alpha value is -1.79. The van der Waals surface area contributed by atoms with Crippen molar-refractivity contribution in [2.45, 2.75) is 38.2 Å². The molecule has 1 aromatic heterocycles. The van der Waals surface area contributed by atoms with Gasteiger partial charge in [-0.3, -0.25) is 0 Å². The number of aliphatic hydroxyl groups excluding tert-OH is 1. The van der Waals surface area contributed by atoms with E-state index in [1.165, 1.54) is 0 Å². The van der Waals surface area contributed by atoms with Crippen molar-refractivity contribution in [1.29, 1.82) is 5.26 Å². The van der Waals surface area contributed by atoms with E-state index in [2.05, 4.69) is 6.07 Å². The molecule has 1 atom stereocenters. The minimum absolute atomic E-state index is 0.518. The molecule has 0 saturated heterocycles. The lowest BCUT2D eigenvalue weighted by atomic mass is 9.70. The van der Waals surface area contributed by atoms with Gasteiger partial charge in [-0.2, -0.15) is 5.26 Å². The molecule has 0 aliphatic heterocycles. The van der Waals surface area contributed by atoms with E-state index in [1.54, 1.807) is 0 Å². The number of nitriles is 1. The van der Waals surface area contributed by atoms with Crippen LogP contribution in [-0.2, 0) is 0 Å². The maximum absolute atomic E-state index is 10.6. The summed E-state index contributed by atoms with van der Waals surface area (Å²) in [6, 6.07) is 11.9. The smallest absolute Gasteiger partial charge is 0.135 e. The number of furan rings is 1. The van der Waals surface area contributed by atoms with E-state index < -0.39 is 11.5 Å². The van der Waals surface area contributed by atoms with Crippen LogP contribution in [-0.4, -0.2) is 5.11 Å². The van der Waals surface area contributed by atoms with Gasteiger partial charge in [-0.1, -0.05) is 37.5 Å². The highest BCUT2D eigenvalue weighted by molar-refractivity contribution is 5.77. The highest BCUT2D eigenvalue weighted by Crippen LogP contribution is 2.46. The first-order valence-electron chi connectivity index (χ1n) is 6.83. The lowest BCUT2D eigenvalue weighted by Gasteiger charge is -2.33. The number of aliphatic hydroxyl groups is 1. The monoisotopic (exact) mass is 255 g/mol. The average Bonchev–Trinajstić information content (AvgIpc) is 2.91. The van der Waals surface area contributed by atoms with Crippen LogP contribution < -0.4 is 0 Å². The minimum Gasteiger partial charge on any atom is -0.458 e. The summed E-state index contributed by atoms with van der Waals surface area (Å²) in [5, 5.41) is 21.0. The summed E-state index contributed by atoms with van der Waals surface area (Å²) >= 11 is 0. The van der Waals surface area contributed by atoms with Crippen molar-refractivity contribution in [1.82, 2.24) is 0 Å². The van der Waals surface area contributed by atoms with E-state index in [1.807, 2.05) is 30.3 Å². The van der Waals surface area contributed by atoms with Crippen LogP contribution in [0.1, 0.15) is 44.0 Å². The molecule has 3 heteroatoms. The molecule has 1 fully saturated rings. The summed E-state index contributed by atoms with van der Waals surface area (Å²) in [4.78, 5) is 0. The summed E-state index contributed by atoms with van der Waals surface area (Å²) in [5.41, 5.74) is 0.0898. The van der Waals surface area contributed by atoms with Crippen LogP contribution in [0, 0.1) is 16.7 Å². The molecule has 1 heterocycles. The van der Waals surface area contributed by atoms with Crippen molar-refractivity contribution in [3.63, 3.8) is 0 Å². The van der Waals surface area contributed by atoms with Crippen molar-refractivity contribution in [3.05, 3.63) is 36.1 Å². The van der Waals surface area contributed by atoms with E-state index in [4.69, 9.17) is 4.42 Å². The summed E-state index contributed by atoms with van der Waals surface area (Å²) in [6.45, 7) is 0. The highest BCUT2D eigenvalue weighted by Gasteiger charge is 2.41. The molecule has 3 rings (SSSR count). The molecular weight excluding hydrogens is 238 g/mol. The minimum atomic E-state index is -0.829. The van der Waals surface area contributed by atoms with Crippen molar-refractivity contribution in [3.8, 4) is 6.07 Å². The molecule has 1 aliphatic rings. The lowest BCUT2D eigenvalue weighted by molar-refractivity contribution is 0.0209. The third-order valence-electron chi connectivity index (χ3n) is 4.21. The number of benzene rings is 1. The third kappa shape index (κ3) is 2.02. The SMILES string of the molecule is N#CC1(C(O)c2cc3ccccc3o2)CCCCC1. The summed E-state index contributed by atoms with van der Waals surface area (Å²) < 4.78 is 5.71. The van der Waals surface area contributed by atoms with Crippen molar-refractivity contribution < 1.29 is 9.52 Å². The Morgan fingerprint density at radius 2 is 1.95 bits per heavy atom. The Morgan fingerprint density at radius 3 is 2.63 bits per heavy atom.